The molecule has 0 bridgehead atoms. The summed E-state index contributed by atoms with van der Waals surface area (Å²) >= 11 is 0. The molecule has 0 N–H and O–H groups in total. The monoisotopic (exact) mass is 381 g/mol. The van der Waals surface area contributed by atoms with Crippen molar-refractivity contribution in [1.29, 1.82) is 5.26 Å². The highest BCUT2D eigenvalue weighted by molar-refractivity contribution is 5.93. The first-order chi connectivity index (χ1) is 14.2. The molecule has 0 radical (unpaired) electrons. The summed E-state index contributed by atoms with van der Waals surface area (Å²) in [6.45, 7) is 2.23. The molecule has 0 heterocycles. The Labute approximate surface area is 171 Å². The van der Waals surface area contributed by atoms with Crippen LogP contribution in [0.3, 0.4) is 0 Å². The first kappa shape index (κ1) is 19.0. The molecule has 0 unspecified atom stereocenters. The Balaban J connectivity index is 1.49. The topological polar surface area (TPSA) is 50.1 Å². The minimum atomic E-state index is -0.381. The third-order valence-electron chi connectivity index (χ3n) is 5.44. The fourth-order valence-electron chi connectivity index (χ4n) is 3.89. The van der Waals surface area contributed by atoms with Gasteiger partial charge < -0.3 is 4.74 Å². The quantitative estimate of drug-likeness (QED) is 0.231. The number of esters is 1. The Hall–Kier alpha value is -3.38. The van der Waals surface area contributed by atoms with Crippen molar-refractivity contribution in [2.75, 3.05) is 0 Å². The summed E-state index contributed by atoms with van der Waals surface area (Å²) in [4.78, 5) is 12.6. The number of aryl methyl sites for hydroxylation is 1. The Kier molecular flexibility index (Phi) is 5.44. The van der Waals surface area contributed by atoms with E-state index in [9.17, 15) is 4.79 Å². The van der Waals surface area contributed by atoms with Crippen LogP contribution >= 0.6 is 0 Å². The lowest BCUT2D eigenvalue weighted by atomic mass is 10.00. The Morgan fingerprint density at radius 3 is 2.41 bits per heavy atom. The third-order valence-corrected chi connectivity index (χ3v) is 5.44. The molecule has 0 saturated carbocycles. The molecule has 0 spiro atoms. The number of carbonyl (C=O) groups is 1. The van der Waals surface area contributed by atoms with Crippen molar-refractivity contribution in [3.8, 4) is 22.9 Å². The summed E-state index contributed by atoms with van der Waals surface area (Å²) in [6, 6.07) is 21.2. The molecular weight excluding hydrogens is 358 g/mol. The maximum Gasteiger partial charge on any atom is 0.343 e. The predicted octanol–water partition coefficient (Wildman–Crippen LogP) is 6.08. The summed E-state index contributed by atoms with van der Waals surface area (Å²) in [7, 11) is 0. The van der Waals surface area contributed by atoms with Crippen LogP contribution in [0.2, 0.25) is 0 Å². The molecule has 4 rings (SSSR count). The normalized spacial score (nSPS) is 11.4. The molecule has 3 aromatic rings. The summed E-state index contributed by atoms with van der Waals surface area (Å²) in [6.07, 6.45) is 5.71. The lowest BCUT2D eigenvalue weighted by Crippen LogP contribution is -2.08. The molecule has 0 aliphatic heterocycles. The average molecular weight is 381 g/mol. The van der Waals surface area contributed by atoms with E-state index in [4.69, 9.17) is 10.00 Å². The van der Waals surface area contributed by atoms with E-state index in [0.29, 0.717) is 16.9 Å². The van der Waals surface area contributed by atoms with Gasteiger partial charge in [0.25, 0.3) is 0 Å². The molecule has 3 nitrogen and oxygen atoms in total. The molecular formula is C26H23NO2. The first-order valence-corrected chi connectivity index (χ1v) is 10.2. The molecule has 0 fully saturated rings. The van der Waals surface area contributed by atoms with E-state index in [1.807, 2.05) is 18.2 Å². The second-order valence-electron chi connectivity index (χ2n) is 7.52. The van der Waals surface area contributed by atoms with Gasteiger partial charge in [0, 0.05) is 0 Å². The fourth-order valence-corrected chi connectivity index (χ4v) is 3.89. The van der Waals surface area contributed by atoms with E-state index < -0.39 is 0 Å². The minimum absolute atomic E-state index is 0.381. The molecule has 0 amide bonds. The summed E-state index contributed by atoms with van der Waals surface area (Å²) < 4.78 is 5.46. The second-order valence-corrected chi connectivity index (χ2v) is 7.52. The number of hydrogen-bond acceptors (Lipinski definition) is 3. The Morgan fingerprint density at radius 2 is 1.69 bits per heavy atom. The van der Waals surface area contributed by atoms with Crippen LogP contribution in [0.5, 0.6) is 5.75 Å². The van der Waals surface area contributed by atoms with Crippen LogP contribution in [0.4, 0.5) is 0 Å². The smallest absolute Gasteiger partial charge is 0.343 e. The number of rotatable bonds is 6. The van der Waals surface area contributed by atoms with E-state index in [0.717, 1.165) is 12.8 Å². The molecule has 1 aliphatic rings. The number of unbranched alkanes of at least 4 members (excludes halogenated alkanes) is 2. The first-order valence-electron chi connectivity index (χ1n) is 10.2. The zero-order chi connectivity index (χ0) is 20.2. The maximum absolute atomic E-state index is 12.6. The van der Waals surface area contributed by atoms with Gasteiger partial charge in [-0.1, -0.05) is 44.0 Å². The van der Waals surface area contributed by atoms with Gasteiger partial charge in [-0.3, -0.25) is 0 Å². The molecule has 1 aliphatic carbocycles. The minimum Gasteiger partial charge on any atom is -0.423 e. The predicted molar refractivity (Wildman–Crippen MR) is 114 cm³/mol. The highest BCUT2D eigenvalue weighted by atomic mass is 16.5. The van der Waals surface area contributed by atoms with Crippen LogP contribution in [0.25, 0.3) is 11.1 Å². The van der Waals surface area contributed by atoms with Crippen LogP contribution in [0.15, 0.2) is 60.7 Å². The highest BCUT2D eigenvalue weighted by Crippen LogP contribution is 2.37. The zero-order valence-electron chi connectivity index (χ0n) is 16.6. The SMILES string of the molecule is CCCCCc1ccc2c(c1)Cc1cc(C(=O)Oc3ccc(C#N)cc3)ccc1-2. The van der Waals surface area contributed by atoms with Crippen molar-refractivity contribution in [3.63, 3.8) is 0 Å². The van der Waals surface area contributed by atoms with Gasteiger partial charge in [-0.25, -0.2) is 4.79 Å². The van der Waals surface area contributed by atoms with Gasteiger partial charge in [-0.05, 0) is 83.5 Å². The molecule has 0 atom stereocenters. The number of hydrogen-bond donors (Lipinski definition) is 0. The molecule has 0 saturated heterocycles. The fraction of sp³-hybridized carbons (Fsp3) is 0.231. The molecule has 3 aromatic carbocycles. The van der Waals surface area contributed by atoms with Gasteiger partial charge in [0.15, 0.2) is 0 Å². The molecule has 3 heteroatoms. The highest BCUT2D eigenvalue weighted by Gasteiger charge is 2.21. The Bertz CT molecular complexity index is 1090. The molecule has 144 valence electrons. The summed E-state index contributed by atoms with van der Waals surface area (Å²) in [5.74, 6) is 0.0585. The van der Waals surface area contributed by atoms with Crippen molar-refractivity contribution in [2.45, 2.75) is 39.0 Å². The van der Waals surface area contributed by atoms with Gasteiger partial charge in [0.05, 0.1) is 17.2 Å². The van der Waals surface area contributed by atoms with E-state index >= 15 is 0 Å². The van der Waals surface area contributed by atoms with Crippen LogP contribution < -0.4 is 4.74 Å². The number of benzene rings is 3. The van der Waals surface area contributed by atoms with Crippen LogP contribution in [-0.4, -0.2) is 5.97 Å². The molecule has 29 heavy (non-hydrogen) atoms. The summed E-state index contributed by atoms with van der Waals surface area (Å²) in [5.41, 5.74) is 7.46. The number of ether oxygens (including phenoxy) is 1. The second kappa shape index (κ2) is 8.32. The molecule has 0 aromatic heterocycles. The summed E-state index contributed by atoms with van der Waals surface area (Å²) in [5, 5.41) is 8.87. The number of fused-ring (bicyclic) bond motifs is 3. The van der Waals surface area contributed by atoms with Crippen molar-refractivity contribution in [1.82, 2.24) is 0 Å². The van der Waals surface area contributed by atoms with Crippen LogP contribution in [-0.2, 0) is 12.8 Å². The lowest BCUT2D eigenvalue weighted by Gasteiger charge is -2.07. The van der Waals surface area contributed by atoms with Crippen molar-refractivity contribution in [2.24, 2.45) is 0 Å². The van der Waals surface area contributed by atoms with Crippen molar-refractivity contribution in [3.05, 3.63) is 88.5 Å². The van der Waals surface area contributed by atoms with Gasteiger partial charge in [0.2, 0.25) is 0 Å². The van der Waals surface area contributed by atoms with Crippen LogP contribution in [0.1, 0.15) is 58.8 Å². The van der Waals surface area contributed by atoms with Crippen molar-refractivity contribution < 1.29 is 9.53 Å². The third kappa shape index (κ3) is 4.07. The van der Waals surface area contributed by atoms with E-state index in [2.05, 4.69) is 31.2 Å². The van der Waals surface area contributed by atoms with Crippen molar-refractivity contribution >= 4 is 5.97 Å². The van der Waals surface area contributed by atoms with Gasteiger partial charge in [-0.2, -0.15) is 5.26 Å². The van der Waals surface area contributed by atoms with Crippen LogP contribution in [0, 0.1) is 11.3 Å². The van der Waals surface area contributed by atoms with Gasteiger partial charge in [-0.15, -0.1) is 0 Å². The number of nitrogens with zero attached hydrogens (tertiary/aromatic N) is 1. The maximum atomic E-state index is 12.6. The van der Waals surface area contributed by atoms with Gasteiger partial charge >= 0.3 is 5.97 Å². The zero-order valence-corrected chi connectivity index (χ0v) is 16.6. The van der Waals surface area contributed by atoms with Gasteiger partial charge in [0.1, 0.15) is 5.75 Å². The van der Waals surface area contributed by atoms with E-state index in [1.54, 1.807) is 24.3 Å². The lowest BCUT2D eigenvalue weighted by molar-refractivity contribution is 0.0734. The van der Waals surface area contributed by atoms with E-state index in [1.165, 1.54) is 47.1 Å². The number of nitriles is 1. The van der Waals surface area contributed by atoms with E-state index in [-0.39, 0.29) is 5.97 Å². The number of carbonyl (C=O) groups excluding carboxylic acids is 1. The Morgan fingerprint density at radius 1 is 0.966 bits per heavy atom. The average Bonchev–Trinajstić information content (AvgIpc) is 3.11. The standard InChI is InChI=1S/C26H23NO2/c1-2-3-4-5-18-8-12-24-21(14-18)16-22-15-20(9-13-25(22)24)26(28)29-23-10-6-19(17-27)7-11-23/h6-15H,2-5,16H2,1H3. The largest absolute Gasteiger partial charge is 0.423 e.